The first kappa shape index (κ1) is 22.9. The number of hydrogen-bond donors (Lipinski definition) is 4. The first-order valence-corrected chi connectivity index (χ1v) is 12.1. The summed E-state index contributed by atoms with van der Waals surface area (Å²) in [5.41, 5.74) is 1.68. The molecule has 180 valence electrons. The topological polar surface area (TPSA) is 116 Å². The van der Waals surface area contributed by atoms with E-state index in [0.29, 0.717) is 29.1 Å². The highest BCUT2D eigenvalue weighted by Gasteiger charge is 2.52. The van der Waals surface area contributed by atoms with Crippen LogP contribution in [0.1, 0.15) is 64.8 Å². The summed E-state index contributed by atoms with van der Waals surface area (Å²) in [6.45, 7) is -0.399. The van der Waals surface area contributed by atoms with Crippen LogP contribution in [0, 0.1) is 17.8 Å². The smallest absolute Gasteiger partial charge is 0.337 e. The van der Waals surface area contributed by atoms with E-state index in [1.165, 1.54) is 25.3 Å². The molecular weight excluding hydrogens is 434 g/mol. The van der Waals surface area contributed by atoms with Crippen molar-refractivity contribution in [2.24, 2.45) is 17.8 Å². The molecule has 2 aromatic rings. The van der Waals surface area contributed by atoms with Crippen LogP contribution in [0.15, 0.2) is 42.5 Å². The lowest BCUT2D eigenvalue weighted by Crippen LogP contribution is -2.48. The molecule has 0 aliphatic heterocycles. The quantitative estimate of drug-likeness (QED) is 0.471. The summed E-state index contributed by atoms with van der Waals surface area (Å²) in [5, 5.41) is 31.2. The Morgan fingerprint density at radius 2 is 1.68 bits per heavy atom. The summed E-state index contributed by atoms with van der Waals surface area (Å²) in [4.78, 5) is 24.7. The predicted molar refractivity (Wildman–Crippen MR) is 126 cm³/mol. The summed E-state index contributed by atoms with van der Waals surface area (Å²) < 4.78 is 5.96. The lowest BCUT2D eigenvalue weighted by Gasteiger charge is -2.57. The molecule has 4 saturated carbocycles. The molecule has 1 atom stereocenters. The van der Waals surface area contributed by atoms with Crippen molar-refractivity contribution in [2.45, 2.75) is 50.0 Å². The number of nitrogens with one attached hydrogen (secondary N) is 1. The number of carboxylic acid groups (broad SMARTS) is 1. The molecule has 0 heterocycles. The number of aliphatic hydroxyl groups excluding tert-OH is 2. The molecule has 1 unspecified atom stereocenters. The molecule has 4 N–H and O–H groups in total. The monoisotopic (exact) mass is 465 g/mol. The van der Waals surface area contributed by atoms with Crippen molar-refractivity contribution in [3.63, 3.8) is 0 Å². The van der Waals surface area contributed by atoms with E-state index >= 15 is 0 Å². The molecule has 0 spiro atoms. The molecule has 4 aliphatic carbocycles. The number of para-hydroxylation sites is 1. The number of ether oxygens (including phenoxy) is 1. The zero-order valence-electron chi connectivity index (χ0n) is 19.1. The van der Waals surface area contributed by atoms with Crippen LogP contribution in [-0.2, 0) is 5.41 Å². The molecule has 0 aromatic heterocycles. The fourth-order valence-corrected chi connectivity index (χ4v) is 6.86. The van der Waals surface area contributed by atoms with Crippen LogP contribution in [0.25, 0.3) is 0 Å². The number of amides is 1. The predicted octanol–water partition coefficient (Wildman–Crippen LogP) is 3.84. The second kappa shape index (κ2) is 9.04. The molecule has 4 bridgehead atoms. The zero-order chi connectivity index (χ0) is 23.9. The van der Waals surface area contributed by atoms with Crippen LogP contribution >= 0.6 is 0 Å². The van der Waals surface area contributed by atoms with Gasteiger partial charge in [-0.3, -0.25) is 4.79 Å². The third-order valence-electron chi connectivity index (χ3n) is 7.90. The Balaban J connectivity index is 1.48. The van der Waals surface area contributed by atoms with E-state index in [1.807, 2.05) is 6.07 Å². The van der Waals surface area contributed by atoms with Gasteiger partial charge < -0.3 is 25.4 Å². The molecule has 6 rings (SSSR count). The van der Waals surface area contributed by atoms with Gasteiger partial charge >= 0.3 is 5.97 Å². The Morgan fingerprint density at radius 3 is 2.29 bits per heavy atom. The van der Waals surface area contributed by atoms with Crippen molar-refractivity contribution in [2.75, 3.05) is 18.5 Å². The van der Waals surface area contributed by atoms with Crippen LogP contribution in [-0.4, -0.2) is 46.5 Å². The molecule has 1 amide bonds. The summed E-state index contributed by atoms with van der Waals surface area (Å²) in [5.74, 6) is 1.26. The molecule has 4 aliphatic rings. The largest absolute Gasteiger partial charge is 0.490 e. The minimum atomic E-state index is -1.10. The molecule has 7 heteroatoms. The van der Waals surface area contributed by atoms with E-state index < -0.39 is 12.1 Å². The van der Waals surface area contributed by atoms with E-state index in [9.17, 15) is 24.9 Å². The molecular formula is C27H31NO6. The highest BCUT2D eigenvalue weighted by molar-refractivity contribution is 6.07. The second-order valence-electron chi connectivity index (χ2n) is 10.4. The normalized spacial score (nSPS) is 27.9. The molecule has 34 heavy (non-hydrogen) atoms. The SMILES string of the molecule is O=C(Nc1ccccc1C(=O)O)c1ccc(OCC(O)CO)c(C23CC4CC(CC(C4)C2)C3)c1. The Kier molecular flexibility index (Phi) is 6.08. The molecule has 0 saturated heterocycles. The Morgan fingerprint density at radius 1 is 1.03 bits per heavy atom. The number of benzene rings is 2. The number of aromatic carboxylic acids is 1. The molecule has 0 radical (unpaired) electrons. The molecule has 2 aromatic carbocycles. The summed E-state index contributed by atoms with van der Waals surface area (Å²) in [6.07, 6.45) is 6.10. The Bertz CT molecular complexity index is 1060. The minimum absolute atomic E-state index is 0.0204. The lowest BCUT2D eigenvalue weighted by atomic mass is 9.48. The van der Waals surface area contributed by atoms with Crippen molar-refractivity contribution in [3.05, 3.63) is 59.2 Å². The number of aliphatic hydroxyl groups is 2. The van der Waals surface area contributed by atoms with E-state index in [-0.39, 0.29) is 35.8 Å². The van der Waals surface area contributed by atoms with Crippen molar-refractivity contribution >= 4 is 17.6 Å². The van der Waals surface area contributed by atoms with Crippen LogP contribution in [0.3, 0.4) is 0 Å². The van der Waals surface area contributed by atoms with Crippen LogP contribution in [0.2, 0.25) is 0 Å². The van der Waals surface area contributed by atoms with Crippen LogP contribution in [0.5, 0.6) is 5.75 Å². The minimum Gasteiger partial charge on any atom is -0.490 e. The van der Waals surface area contributed by atoms with Crippen molar-refractivity contribution in [1.82, 2.24) is 0 Å². The van der Waals surface area contributed by atoms with E-state index in [1.54, 1.807) is 30.3 Å². The molecule has 7 nitrogen and oxygen atoms in total. The standard InChI is InChI=1S/C27H31NO6/c29-14-20(30)15-34-24-6-5-19(25(31)28-23-4-2-1-3-21(23)26(32)33)10-22(24)27-11-16-7-17(12-27)9-18(8-16)13-27/h1-6,10,16-18,20,29-30H,7-9,11-15H2,(H,28,31)(H,32,33). The van der Waals surface area contributed by atoms with Gasteiger partial charge in [-0.1, -0.05) is 12.1 Å². The van der Waals surface area contributed by atoms with Gasteiger partial charge in [0, 0.05) is 11.1 Å². The van der Waals surface area contributed by atoms with Gasteiger partial charge in [-0.05, 0) is 92.0 Å². The summed E-state index contributed by atoms with van der Waals surface area (Å²) in [6, 6.07) is 11.7. The number of carbonyl (C=O) groups is 2. The van der Waals surface area contributed by atoms with Gasteiger partial charge in [0.05, 0.1) is 17.9 Å². The third-order valence-corrected chi connectivity index (χ3v) is 7.90. The van der Waals surface area contributed by atoms with Crippen molar-refractivity contribution in [1.29, 1.82) is 0 Å². The number of rotatable bonds is 8. The highest BCUT2D eigenvalue weighted by Crippen LogP contribution is 2.62. The first-order chi connectivity index (χ1) is 16.4. The Hall–Kier alpha value is -2.90. The van der Waals surface area contributed by atoms with E-state index in [0.717, 1.165) is 24.8 Å². The maximum atomic E-state index is 13.2. The molecule has 4 fully saturated rings. The van der Waals surface area contributed by atoms with E-state index in [2.05, 4.69) is 5.32 Å². The van der Waals surface area contributed by atoms with Gasteiger partial charge in [0.25, 0.3) is 5.91 Å². The summed E-state index contributed by atoms with van der Waals surface area (Å²) in [7, 11) is 0. The number of carbonyl (C=O) groups excluding carboxylic acids is 1. The van der Waals surface area contributed by atoms with E-state index in [4.69, 9.17) is 4.74 Å². The fourth-order valence-electron chi connectivity index (χ4n) is 6.86. The van der Waals surface area contributed by atoms with Gasteiger partial charge in [0.15, 0.2) is 0 Å². The van der Waals surface area contributed by atoms with Gasteiger partial charge in [-0.15, -0.1) is 0 Å². The van der Waals surface area contributed by atoms with Gasteiger partial charge in [0.1, 0.15) is 18.5 Å². The number of hydrogen-bond acceptors (Lipinski definition) is 5. The van der Waals surface area contributed by atoms with Crippen LogP contribution in [0.4, 0.5) is 5.69 Å². The van der Waals surface area contributed by atoms with Gasteiger partial charge in [-0.2, -0.15) is 0 Å². The van der Waals surface area contributed by atoms with Crippen molar-refractivity contribution < 1.29 is 29.6 Å². The summed E-state index contributed by atoms with van der Waals surface area (Å²) >= 11 is 0. The fraction of sp³-hybridized carbons (Fsp3) is 0.481. The average Bonchev–Trinajstić information content (AvgIpc) is 2.81. The van der Waals surface area contributed by atoms with Crippen LogP contribution < -0.4 is 10.1 Å². The van der Waals surface area contributed by atoms with Gasteiger partial charge in [0.2, 0.25) is 0 Å². The van der Waals surface area contributed by atoms with Crippen molar-refractivity contribution in [3.8, 4) is 5.75 Å². The average molecular weight is 466 g/mol. The third kappa shape index (κ3) is 4.30. The maximum Gasteiger partial charge on any atom is 0.337 e. The highest BCUT2D eigenvalue weighted by atomic mass is 16.5. The maximum absolute atomic E-state index is 13.2. The Labute approximate surface area is 198 Å². The first-order valence-electron chi connectivity index (χ1n) is 12.1. The van der Waals surface area contributed by atoms with Gasteiger partial charge in [-0.25, -0.2) is 4.79 Å². The second-order valence-corrected chi connectivity index (χ2v) is 10.4. The zero-order valence-corrected chi connectivity index (χ0v) is 19.1. The lowest BCUT2D eigenvalue weighted by molar-refractivity contribution is -0.00739. The number of carboxylic acids is 1. The number of anilines is 1.